The molecule has 0 spiro atoms. The number of halogens is 1. The second kappa shape index (κ2) is 6.52. The van der Waals surface area contributed by atoms with Crippen LogP contribution in [0.4, 0.5) is 0 Å². The number of nitrogens with zero attached hydrogens (tertiary/aromatic N) is 3. The molecule has 1 aromatic carbocycles. The molecule has 2 amide bonds. The van der Waals surface area contributed by atoms with Gasteiger partial charge in [-0.25, -0.2) is 4.98 Å². The standard InChI is InChI=1S/C16H17ClN4O3/c1-18-15(22)13-8-20(7-11-6-19-9-21(11)13)16(23)10-3-4-14(24-2)12(17)5-10/h3-6,9,13H,7-8H2,1-2H3,(H,18,22). The van der Waals surface area contributed by atoms with Gasteiger partial charge in [-0.1, -0.05) is 11.6 Å². The summed E-state index contributed by atoms with van der Waals surface area (Å²) >= 11 is 6.10. The van der Waals surface area contributed by atoms with E-state index in [2.05, 4.69) is 10.3 Å². The molecule has 1 aliphatic rings. The number of fused-ring (bicyclic) bond motifs is 1. The van der Waals surface area contributed by atoms with Crippen LogP contribution in [0, 0.1) is 0 Å². The Balaban J connectivity index is 1.88. The summed E-state index contributed by atoms with van der Waals surface area (Å²) in [7, 11) is 3.09. The first-order chi connectivity index (χ1) is 11.5. The van der Waals surface area contributed by atoms with Gasteiger partial charge >= 0.3 is 0 Å². The first kappa shape index (κ1) is 16.3. The molecule has 0 bridgehead atoms. The zero-order valence-corrected chi connectivity index (χ0v) is 14.1. The molecule has 0 saturated carbocycles. The molecule has 3 rings (SSSR count). The second-order valence-electron chi connectivity index (χ2n) is 5.46. The number of rotatable bonds is 3. The number of hydrogen-bond acceptors (Lipinski definition) is 4. The zero-order valence-electron chi connectivity index (χ0n) is 13.3. The molecule has 8 heteroatoms. The van der Waals surface area contributed by atoms with E-state index >= 15 is 0 Å². The van der Waals surface area contributed by atoms with Gasteiger partial charge in [-0.3, -0.25) is 9.59 Å². The van der Waals surface area contributed by atoms with Crippen molar-refractivity contribution >= 4 is 23.4 Å². The molecule has 1 aliphatic heterocycles. The fraction of sp³-hybridized carbons (Fsp3) is 0.312. The van der Waals surface area contributed by atoms with Gasteiger partial charge in [0.25, 0.3) is 5.91 Å². The maximum Gasteiger partial charge on any atom is 0.254 e. The highest BCUT2D eigenvalue weighted by atomic mass is 35.5. The summed E-state index contributed by atoms with van der Waals surface area (Å²) in [5.41, 5.74) is 1.26. The van der Waals surface area contributed by atoms with Crippen LogP contribution < -0.4 is 10.1 Å². The van der Waals surface area contributed by atoms with Crippen molar-refractivity contribution in [2.45, 2.75) is 12.6 Å². The van der Waals surface area contributed by atoms with Gasteiger partial charge in [0.15, 0.2) is 0 Å². The molecule has 126 valence electrons. The van der Waals surface area contributed by atoms with E-state index in [-0.39, 0.29) is 18.4 Å². The van der Waals surface area contributed by atoms with Crippen molar-refractivity contribution in [3.8, 4) is 5.75 Å². The molecule has 0 saturated heterocycles. The lowest BCUT2D eigenvalue weighted by molar-refractivity contribution is -0.124. The third-order valence-corrected chi connectivity index (χ3v) is 4.36. The molecule has 0 fully saturated rings. The summed E-state index contributed by atoms with van der Waals surface area (Å²) in [4.78, 5) is 30.6. The minimum Gasteiger partial charge on any atom is -0.495 e. The molecule has 1 atom stereocenters. The number of carbonyl (C=O) groups is 2. The molecule has 24 heavy (non-hydrogen) atoms. The number of hydrogen-bond donors (Lipinski definition) is 1. The third-order valence-electron chi connectivity index (χ3n) is 4.06. The van der Waals surface area contributed by atoms with E-state index < -0.39 is 6.04 Å². The van der Waals surface area contributed by atoms with Crippen molar-refractivity contribution in [3.05, 3.63) is 47.0 Å². The largest absolute Gasteiger partial charge is 0.495 e. The number of likely N-dealkylation sites (N-methyl/N-ethyl adjacent to an activating group) is 1. The van der Waals surface area contributed by atoms with Gasteiger partial charge < -0.3 is 19.5 Å². The van der Waals surface area contributed by atoms with E-state index in [1.807, 2.05) is 0 Å². The van der Waals surface area contributed by atoms with Gasteiger partial charge in [-0.05, 0) is 18.2 Å². The van der Waals surface area contributed by atoms with Gasteiger partial charge in [0.1, 0.15) is 11.8 Å². The normalized spacial score (nSPS) is 16.5. The van der Waals surface area contributed by atoms with E-state index in [0.717, 1.165) is 5.69 Å². The van der Waals surface area contributed by atoms with Crippen LogP contribution in [-0.4, -0.2) is 47.0 Å². The topological polar surface area (TPSA) is 76.5 Å². The Morgan fingerprint density at radius 1 is 1.42 bits per heavy atom. The third kappa shape index (κ3) is 2.82. The van der Waals surface area contributed by atoms with Crippen molar-refractivity contribution in [1.82, 2.24) is 19.8 Å². The highest BCUT2D eigenvalue weighted by Gasteiger charge is 2.32. The van der Waals surface area contributed by atoms with E-state index in [0.29, 0.717) is 22.9 Å². The van der Waals surface area contributed by atoms with Crippen LogP contribution in [0.15, 0.2) is 30.7 Å². The van der Waals surface area contributed by atoms with Gasteiger partial charge in [0, 0.05) is 18.8 Å². The van der Waals surface area contributed by atoms with E-state index in [1.54, 1.807) is 47.2 Å². The minimum atomic E-state index is -0.501. The zero-order chi connectivity index (χ0) is 17.3. The first-order valence-electron chi connectivity index (χ1n) is 7.40. The van der Waals surface area contributed by atoms with E-state index in [4.69, 9.17) is 16.3 Å². The SMILES string of the molecule is CNC(=O)C1CN(C(=O)c2ccc(OC)c(Cl)c2)Cc2cncn21. The Hall–Kier alpha value is -2.54. The van der Waals surface area contributed by atoms with Crippen molar-refractivity contribution in [1.29, 1.82) is 0 Å². The minimum absolute atomic E-state index is 0.167. The fourth-order valence-electron chi connectivity index (χ4n) is 2.80. The number of amides is 2. The van der Waals surface area contributed by atoms with Crippen LogP contribution >= 0.6 is 11.6 Å². The van der Waals surface area contributed by atoms with Gasteiger partial charge in [-0.15, -0.1) is 0 Å². The maximum atomic E-state index is 12.8. The molecule has 1 unspecified atom stereocenters. The number of carbonyl (C=O) groups excluding carboxylic acids is 2. The predicted molar refractivity (Wildman–Crippen MR) is 88.1 cm³/mol. The van der Waals surface area contributed by atoms with Crippen LogP contribution in [0.5, 0.6) is 5.75 Å². The summed E-state index contributed by atoms with van der Waals surface area (Å²) in [5.74, 6) is 0.147. The number of aromatic nitrogens is 2. The maximum absolute atomic E-state index is 12.8. The average Bonchev–Trinajstić information content (AvgIpc) is 3.08. The van der Waals surface area contributed by atoms with Crippen molar-refractivity contribution in [3.63, 3.8) is 0 Å². The molecule has 0 aliphatic carbocycles. The number of imidazole rings is 1. The quantitative estimate of drug-likeness (QED) is 0.911. The second-order valence-corrected chi connectivity index (χ2v) is 5.86. The molecular formula is C16H17ClN4O3. The molecule has 2 heterocycles. The summed E-state index contributed by atoms with van der Waals surface area (Å²) in [6.45, 7) is 0.654. The lowest BCUT2D eigenvalue weighted by Gasteiger charge is -2.33. The van der Waals surface area contributed by atoms with Crippen LogP contribution in [0.2, 0.25) is 5.02 Å². The van der Waals surface area contributed by atoms with Crippen molar-refractivity contribution in [2.75, 3.05) is 20.7 Å². The first-order valence-corrected chi connectivity index (χ1v) is 7.78. The summed E-state index contributed by atoms with van der Waals surface area (Å²) < 4.78 is 6.90. The number of methoxy groups -OCH3 is 1. The molecule has 1 aromatic heterocycles. The van der Waals surface area contributed by atoms with E-state index in [9.17, 15) is 9.59 Å². The number of nitrogens with one attached hydrogen (secondary N) is 1. The van der Waals surface area contributed by atoms with E-state index in [1.165, 1.54) is 7.11 Å². The van der Waals surface area contributed by atoms with Crippen molar-refractivity contribution in [2.24, 2.45) is 0 Å². The summed E-state index contributed by atoms with van der Waals surface area (Å²) in [5, 5.41) is 2.99. The van der Waals surface area contributed by atoms with Crippen LogP contribution in [0.1, 0.15) is 22.1 Å². The highest BCUT2D eigenvalue weighted by Crippen LogP contribution is 2.27. The average molecular weight is 349 g/mol. The van der Waals surface area contributed by atoms with Crippen LogP contribution in [-0.2, 0) is 11.3 Å². The molecular weight excluding hydrogens is 332 g/mol. The summed E-state index contributed by atoms with van der Waals surface area (Å²) in [6.07, 6.45) is 3.28. The Labute approximate surface area is 144 Å². The Morgan fingerprint density at radius 2 is 2.21 bits per heavy atom. The number of benzene rings is 1. The van der Waals surface area contributed by atoms with Gasteiger partial charge in [0.2, 0.25) is 5.91 Å². The fourth-order valence-corrected chi connectivity index (χ4v) is 3.06. The van der Waals surface area contributed by atoms with Gasteiger partial charge in [0.05, 0.1) is 37.2 Å². The molecule has 0 radical (unpaired) electrons. The smallest absolute Gasteiger partial charge is 0.254 e. The predicted octanol–water partition coefficient (Wildman–Crippen LogP) is 1.49. The molecule has 7 nitrogen and oxygen atoms in total. The Bertz CT molecular complexity index is 789. The Morgan fingerprint density at radius 3 is 2.88 bits per heavy atom. The van der Waals surface area contributed by atoms with Crippen molar-refractivity contribution < 1.29 is 14.3 Å². The number of ether oxygens (including phenoxy) is 1. The molecule has 2 aromatic rings. The van der Waals surface area contributed by atoms with Crippen LogP contribution in [0.25, 0.3) is 0 Å². The lowest BCUT2D eigenvalue weighted by Crippen LogP contribution is -2.45. The molecule has 1 N–H and O–H groups in total. The van der Waals surface area contributed by atoms with Gasteiger partial charge in [-0.2, -0.15) is 0 Å². The Kier molecular flexibility index (Phi) is 4.44. The summed E-state index contributed by atoms with van der Waals surface area (Å²) in [6, 6.07) is 4.39. The highest BCUT2D eigenvalue weighted by molar-refractivity contribution is 6.32. The van der Waals surface area contributed by atoms with Crippen LogP contribution in [0.3, 0.4) is 0 Å². The monoisotopic (exact) mass is 348 g/mol. The lowest BCUT2D eigenvalue weighted by atomic mass is 10.1.